The van der Waals surface area contributed by atoms with Crippen LogP contribution in [0.1, 0.15) is 5.56 Å². The van der Waals surface area contributed by atoms with Gasteiger partial charge in [-0.2, -0.15) is 0 Å². The molecular formula is C17H15ClN2O4. The molecule has 0 bridgehead atoms. The van der Waals surface area contributed by atoms with Gasteiger partial charge in [0.25, 0.3) is 5.69 Å². The highest BCUT2D eigenvalue weighted by Gasteiger charge is 2.04. The van der Waals surface area contributed by atoms with Crippen molar-refractivity contribution >= 4 is 29.3 Å². The van der Waals surface area contributed by atoms with Crippen molar-refractivity contribution in [3.63, 3.8) is 0 Å². The molecule has 24 heavy (non-hydrogen) atoms. The van der Waals surface area contributed by atoms with Crippen molar-refractivity contribution in [2.75, 3.05) is 13.2 Å². The third-order valence-electron chi connectivity index (χ3n) is 3.00. The summed E-state index contributed by atoms with van der Waals surface area (Å²) < 4.78 is 5.45. The first kappa shape index (κ1) is 17.5. The van der Waals surface area contributed by atoms with Gasteiger partial charge in [0.2, 0.25) is 5.91 Å². The van der Waals surface area contributed by atoms with E-state index in [0.29, 0.717) is 22.9 Å². The Morgan fingerprint density at radius 1 is 1.25 bits per heavy atom. The Hall–Kier alpha value is -2.86. The van der Waals surface area contributed by atoms with Crippen LogP contribution in [0.2, 0.25) is 5.02 Å². The minimum absolute atomic E-state index is 0.0225. The number of nitrogens with one attached hydrogen (secondary N) is 1. The minimum Gasteiger partial charge on any atom is -0.490 e. The van der Waals surface area contributed by atoms with Gasteiger partial charge in [-0.3, -0.25) is 14.9 Å². The molecule has 0 saturated heterocycles. The average molecular weight is 347 g/mol. The van der Waals surface area contributed by atoms with Crippen LogP contribution in [-0.4, -0.2) is 24.0 Å². The molecule has 0 heterocycles. The number of carbonyl (C=O) groups excluding carboxylic acids is 1. The van der Waals surface area contributed by atoms with E-state index in [2.05, 4.69) is 5.32 Å². The summed E-state index contributed by atoms with van der Waals surface area (Å²) >= 11 is 5.95. The molecule has 0 aliphatic carbocycles. The second kappa shape index (κ2) is 8.69. The molecule has 1 amide bonds. The summed E-state index contributed by atoms with van der Waals surface area (Å²) in [4.78, 5) is 21.9. The molecule has 0 unspecified atom stereocenters. The highest BCUT2D eigenvalue weighted by molar-refractivity contribution is 6.32. The van der Waals surface area contributed by atoms with Crippen LogP contribution in [0.5, 0.6) is 5.75 Å². The lowest BCUT2D eigenvalue weighted by Gasteiger charge is -2.07. The number of nitro benzene ring substituents is 1. The van der Waals surface area contributed by atoms with E-state index in [1.54, 1.807) is 30.3 Å². The third kappa shape index (κ3) is 5.40. The predicted molar refractivity (Wildman–Crippen MR) is 92.1 cm³/mol. The van der Waals surface area contributed by atoms with E-state index in [9.17, 15) is 14.9 Å². The van der Waals surface area contributed by atoms with Crippen LogP contribution < -0.4 is 10.1 Å². The molecule has 124 valence electrons. The SMILES string of the molecule is O=C(/C=C/c1cccc([N+](=O)[O-])c1)NCCOc1ccccc1Cl. The predicted octanol–water partition coefficient (Wildman–Crippen LogP) is 3.46. The zero-order valence-electron chi connectivity index (χ0n) is 12.6. The van der Waals surface area contributed by atoms with Crippen LogP contribution in [0.15, 0.2) is 54.6 Å². The molecule has 0 aliphatic rings. The number of halogens is 1. The van der Waals surface area contributed by atoms with Gasteiger partial charge in [0.05, 0.1) is 16.5 Å². The maximum Gasteiger partial charge on any atom is 0.270 e. The van der Waals surface area contributed by atoms with Crippen LogP contribution >= 0.6 is 11.6 Å². The Kier molecular flexibility index (Phi) is 6.33. The Balaban J connectivity index is 1.78. The topological polar surface area (TPSA) is 81.5 Å². The quantitative estimate of drug-likeness (QED) is 0.360. The van der Waals surface area contributed by atoms with Crippen molar-refractivity contribution in [2.24, 2.45) is 0 Å². The van der Waals surface area contributed by atoms with E-state index < -0.39 is 4.92 Å². The molecule has 0 aromatic heterocycles. The van der Waals surface area contributed by atoms with Gasteiger partial charge in [0, 0.05) is 18.2 Å². The van der Waals surface area contributed by atoms with Crippen molar-refractivity contribution in [3.05, 3.63) is 75.3 Å². The number of amides is 1. The molecule has 0 saturated carbocycles. The molecule has 0 spiro atoms. The third-order valence-corrected chi connectivity index (χ3v) is 3.32. The van der Waals surface area contributed by atoms with Crippen molar-refractivity contribution in [2.45, 2.75) is 0 Å². The molecule has 1 N–H and O–H groups in total. The minimum atomic E-state index is -0.483. The Morgan fingerprint density at radius 2 is 2.04 bits per heavy atom. The number of hydrogen-bond acceptors (Lipinski definition) is 4. The number of ether oxygens (including phenoxy) is 1. The zero-order chi connectivity index (χ0) is 17.4. The fraction of sp³-hybridized carbons (Fsp3) is 0.118. The van der Waals surface area contributed by atoms with Gasteiger partial charge < -0.3 is 10.1 Å². The van der Waals surface area contributed by atoms with Crippen molar-refractivity contribution in [1.29, 1.82) is 0 Å². The smallest absolute Gasteiger partial charge is 0.270 e. The molecule has 0 radical (unpaired) electrons. The van der Waals surface area contributed by atoms with E-state index in [4.69, 9.17) is 16.3 Å². The first-order chi connectivity index (χ1) is 11.6. The fourth-order valence-corrected chi connectivity index (χ4v) is 2.06. The fourth-order valence-electron chi connectivity index (χ4n) is 1.87. The van der Waals surface area contributed by atoms with Crippen LogP contribution in [0.25, 0.3) is 6.08 Å². The number of nitrogens with zero attached hydrogens (tertiary/aromatic N) is 1. The zero-order valence-corrected chi connectivity index (χ0v) is 13.4. The van der Waals surface area contributed by atoms with E-state index in [1.165, 1.54) is 24.3 Å². The van der Waals surface area contributed by atoms with Crippen LogP contribution in [-0.2, 0) is 4.79 Å². The Morgan fingerprint density at radius 3 is 2.79 bits per heavy atom. The van der Waals surface area contributed by atoms with Crippen molar-refractivity contribution in [1.82, 2.24) is 5.32 Å². The summed E-state index contributed by atoms with van der Waals surface area (Å²) in [6.45, 7) is 0.587. The second-order valence-electron chi connectivity index (χ2n) is 4.76. The largest absolute Gasteiger partial charge is 0.490 e. The number of para-hydroxylation sites is 1. The maximum atomic E-state index is 11.7. The van der Waals surface area contributed by atoms with Gasteiger partial charge in [-0.05, 0) is 23.8 Å². The summed E-state index contributed by atoms with van der Waals surface area (Å²) in [6, 6.07) is 13.1. The molecule has 0 fully saturated rings. The molecule has 2 aromatic rings. The van der Waals surface area contributed by atoms with Crippen LogP contribution in [0.4, 0.5) is 5.69 Å². The summed E-state index contributed by atoms with van der Waals surface area (Å²) in [7, 11) is 0. The monoisotopic (exact) mass is 346 g/mol. The van der Waals surface area contributed by atoms with Crippen molar-refractivity contribution in [3.8, 4) is 5.75 Å². The van der Waals surface area contributed by atoms with E-state index >= 15 is 0 Å². The number of rotatable bonds is 7. The Bertz CT molecular complexity index is 762. The van der Waals surface area contributed by atoms with Gasteiger partial charge in [0.1, 0.15) is 12.4 Å². The molecule has 2 rings (SSSR count). The Labute approximate surface area is 143 Å². The molecule has 7 heteroatoms. The van der Waals surface area contributed by atoms with Gasteiger partial charge in [-0.1, -0.05) is 35.9 Å². The summed E-state index contributed by atoms with van der Waals surface area (Å²) in [5.41, 5.74) is 0.553. The second-order valence-corrected chi connectivity index (χ2v) is 5.16. The summed E-state index contributed by atoms with van der Waals surface area (Å²) in [6.07, 6.45) is 2.83. The van der Waals surface area contributed by atoms with E-state index in [0.717, 1.165) is 0 Å². The summed E-state index contributed by atoms with van der Waals surface area (Å²) in [5.74, 6) is 0.241. The number of non-ortho nitro benzene ring substituents is 1. The first-order valence-corrected chi connectivity index (χ1v) is 7.52. The van der Waals surface area contributed by atoms with E-state index in [-0.39, 0.29) is 18.2 Å². The lowest BCUT2D eigenvalue weighted by atomic mass is 10.2. The standard InChI is InChI=1S/C17H15ClN2O4/c18-15-6-1-2-7-16(15)24-11-10-19-17(21)9-8-13-4-3-5-14(12-13)20(22)23/h1-9,12H,10-11H2,(H,19,21)/b9-8+. The molecule has 0 atom stereocenters. The van der Waals surface area contributed by atoms with Gasteiger partial charge in [0.15, 0.2) is 0 Å². The number of nitro groups is 1. The molecular weight excluding hydrogens is 332 g/mol. The molecule has 0 aliphatic heterocycles. The van der Waals surface area contributed by atoms with Crippen molar-refractivity contribution < 1.29 is 14.5 Å². The van der Waals surface area contributed by atoms with Gasteiger partial charge in [-0.25, -0.2) is 0 Å². The molecule has 6 nitrogen and oxygen atoms in total. The summed E-state index contributed by atoms with van der Waals surface area (Å²) in [5, 5.41) is 13.8. The van der Waals surface area contributed by atoms with E-state index in [1.807, 2.05) is 6.07 Å². The number of benzene rings is 2. The van der Waals surface area contributed by atoms with Crippen LogP contribution in [0.3, 0.4) is 0 Å². The van der Waals surface area contributed by atoms with Crippen LogP contribution in [0, 0.1) is 10.1 Å². The van der Waals surface area contributed by atoms with Gasteiger partial charge >= 0.3 is 0 Å². The number of carbonyl (C=O) groups is 1. The average Bonchev–Trinajstić information content (AvgIpc) is 2.58. The molecule has 2 aromatic carbocycles. The maximum absolute atomic E-state index is 11.7. The first-order valence-electron chi connectivity index (χ1n) is 7.14. The number of hydrogen-bond donors (Lipinski definition) is 1. The normalized spacial score (nSPS) is 10.5. The highest BCUT2D eigenvalue weighted by Crippen LogP contribution is 2.22. The lowest BCUT2D eigenvalue weighted by molar-refractivity contribution is -0.384. The highest BCUT2D eigenvalue weighted by atomic mass is 35.5. The van der Waals surface area contributed by atoms with Gasteiger partial charge in [-0.15, -0.1) is 0 Å². The lowest BCUT2D eigenvalue weighted by Crippen LogP contribution is -2.26.